The second-order valence-electron chi connectivity index (χ2n) is 5.96. The highest BCUT2D eigenvalue weighted by Crippen LogP contribution is 2.38. The van der Waals surface area contributed by atoms with Crippen LogP contribution in [-0.4, -0.2) is 47.3 Å². The van der Waals surface area contributed by atoms with Crippen molar-refractivity contribution >= 4 is 21.8 Å². The van der Waals surface area contributed by atoms with Crippen LogP contribution >= 0.6 is 15.9 Å². The van der Waals surface area contributed by atoms with E-state index in [-0.39, 0.29) is 11.3 Å². The SMILES string of the molecule is O=C(c1ccc(-c2ccc(Br)cc2)nn1)N1CC2(COC2)C1. The van der Waals surface area contributed by atoms with E-state index in [0.717, 1.165) is 42.0 Å². The minimum Gasteiger partial charge on any atom is -0.380 e. The first-order chi connectivity index (χ1) is 10.7. The number of benzene rings is 1. The molecule has 22 heavy (non-hydrogen) atoms. The second-order valence-corrected chi connectivity index (χ2v) is 6.88. The topological polar surface area (TPSA) is 55.3 Å². The molecule has 0 bridgehead atoms. The molecule has 6 heteroatoms. The molecule has 0 atom stereocenters. The Hall–Kier alpha value is -1.79. The molecule has 0 unspecified atom stereocenters. The van der Waals surface area contributed by atoms with E-state index in [4.69, 9.17) is 4.74 Å². The van der Waals surface area contributed by atoms with Gasteiger partial charge >= 0.3 is 0 Å². The summed E-state index contributed by atoms with van der Waals surface area (Å²) in [5.41, 5.74) is 2.36. The summed E-state index contributed by atoms with van der Waals surface area (Å²) in [5.74, 6) is -0.0487. The number of aromatic nitrogens is 2. The molecular formula is C16H14BrN3O2. The van der Waals surface area contributed by atoms with Crippen LogP contribution in [0.1, 0.15) is 10.5 Å². The van der Waals surface area contributed by atoms with Gasteiger partial charge in [-0.1, -0.05) is 28.1 Å². The zero-order chi connectivity index (χ0) is 15.2. The lowest BCUT2D eigenvalue weighted by Crippen LogP contribution is -2.67. The molecule has 2 saturated heterocycles. The molecule has 4 rings (SSSR count). The van der Waals surface area contributed by atoms with Gasteiger partial charge in [-0.05, 0) is 24.3 Å². The average molecular weight is 360 g/mol. The summed E-state index contributed by atoms with van der Waals surface area (Å²) < 4.78 is 6.23. The van der Waals surface area contributed by atoms with Gasteiger partial charge in [-0.2, -0.15) is 0 Å². The van der Waals surface area contributed by atoms with Gasteiger partial charge in [0.25, 0.3) is 5.91 Å². The molecule has 112 valence electrons. The fraction of sp³-hybridized carbons (Fsp3) is 0.312. The predicted molar refractivity (Wildman–Crippen MR) is 84.3 cm³/mol. The Bertz CT molecular complexity index is 703. The van der Waals surface area contributed by atoms with E-state index in [2.05, 4.69) is 26.1 Å². The van der Waals surface area contributed by atoms with Gasteiger partial charge in [0.15, 0.2) is 5.69 Å². The zero-order valence-corrected chi connectivity index (χ0v) is 13.4. The summed E-state index contributed by atoms with van der Waals surface area (Å²) in [6, 6.07) is 11.4. The highest BCUT2D eigenvalue weighted by atomic mass is 79.9. The molecule has 1 aromatic heterocycles. The van der Waals surface area contributed by atoms with Crippen molar-refractivity contribution in [3.63, 3.8) is 0 Å². The number of halogens is 1. The minimum atomic E-state index is -0.0487. The molecule has 2 aromatic rings. The van der Waals surface area contributed by atoms with E-state index >= 15 is 0 Å². The molecule has 0 N–H and O–H groups in total. The third-order valence-corrected chi connectivity index (χ3v) is 4.71. The summed E-state index contributed by atoms with van der Waals surface area (Å²) in [6.45, 7) is 3.07. The van der Waals surface area contributed by atoms with Gasteiger partial charge in [0.1, 0.15) is 0 Å². The maximum absolute atomic E-state index is 12.3. The normalized spacial score (nSPS) is 18.7. The number of rotatable bonds is 2. The summed E-state index contributed by atoms with van der Waals surface area (Å²) in [6.07, 6.45) is 0. The lowest BCUT2D eigenvalue weighted by atomic mass is 9.78. The number of ether oxygens (including phenoxy) is 1. The van der Waals surface area contributed by atoms with Crippen molar-refractivity contribution in [3.8, 4) is 11.3 Å². The monoisotopic (exact) mass is 359 g/mol. The van der Waals surface area contributed by atoms with Gasteiger partial charge in [0, 0.05) is 23.1 Å². The van der Waals surface area contributed by atoms with Crippen molar-refractivity contribution in [2.75, 3.05) is 26.3 Å². The lowest BCUT2D eigenvalue weighted by molar-refractivity contribution is -0.176. The standard InChI is InChI=1S/C16H14BrN3O2/c17-12-3-1-11(2-4-12)13-5-6-14(19-18-13)15(21)20-7-16(8-20)9-22-10-16/h1-6H,7-10H2. The molecule has 3 heterocycles. The number of amides is 1. The Labute approximate surface area is 136 Å². The number of hydrogen-bond acceptors (Lipinski definition) is 4. The van der Waals surface area contributed by atoms with Gasteiger partial charge < -0.3 is 9.64 Å². The van der Waals surface area contributed by atoms with Crippen molar-refractivity contribution in [1.82, 2.24) is 15.1 Å². The van der Waals surface area contributed by atoms with Crippen LogP contribution in [0.25, 0.3) is 11.3 Å². The van der Waals surface area contributed by atoms with Crippen molar-refractivity contribution in [2.24, 2.45) is 5.41 Å². The summed E-state index contributed by atoms with van der Waals surface area (Å²) >= 11 is 3.40. The van der Waals surface area contributed by atoms with Crippen LogP contribution in [0.5, 0.6) is 0 Å². The Morgan fingerprint density at radius 3 is 2.36 bits per heavy atom. The minimum absolute atomic E-state index is 0.0487. The van der Waals surface area contributed by atoms with Crippen LogP contribution in [0.3, 0.4) is 0 Å². The maximum atomic E-state index is 12.3. The van der Waals surface area contributed by atoms with Crippen LogP contribution in [-0.2, 0) is 4.74 Å². The summed E-state index contributed by atoms with van der Waals surface area (Å²) in [7, 11) is 0. The predicted octanol–water partition coefficient (Wildman–Crippen LogP) is 2.38. The molecule has 2 aliphatic rings. The Morgan fingerprint density at radius 2 is 1.82 bits per heavy atom. The first kappa shape index (κ1) is 13.8. The molecular weight excluding hydrogens is 346 g/mol. The smallest absolute Gasteiger partial charge is 0.274 e. The fourth-order valence-electron chi connectivity index (χ4n) is 2.86. The van der Waals surface area contributed by atoms with Crippen molar-refractivity contribution in [1.29, 1.82) is 0 Å². The number of carbonyl (C=O) groups excluding carboxylic acids is 1. The Morgan fingerprint density at radius 1 is 1.09 bits per heavy atom. The quantitative estimate of drug-likeness (QED) is 0.825. The summed E-state index contributed by atoms with van der Waals surface area (Å²) in [4.78, 5) is 14.1. The third kappa shape index (κ3) is 2.32. The van der Waals surface area contributed by atoms with E-state index in [1.54, 1.807) is 6.07 Å². The van der Waals surface area contributed by atoms with E-state index < -0.39 is 0 Å². The van der Waals surface area contributed by atoms with Gasteiger partial charge in [0.2, 0.25) is 0 Å². The first-order valence-electron chi connectivity index (χ1n) is 7.12. The average Bonchev–Trinajstić information content (AvgIpc) is 2.45. The molecule has 1 amide bonds. The van der Waals surface area contributed by atoms with E-state index in [9.17, 15) is 4.79 Å². The molecule has 0 radical (unpaired) electrons. The molecule has 5 nitrogen and oxygen atoms in total. The maximum Gasteiger partial charge on any atom is 0.274 e. The van der Waals surface area contributed by atoms with E-state index in [1.165, 1.54) is 0 Å². The van der Waals surface area contributed by atoms with Gasteiger partial charge in [0.05, 0.1) is 24.3 Å². The highest BCUT2D eigenvalue weighted by Gasteiger charge is 2.50. The van der Waals surface area contributed by atoms with Crippen molar-refractivity contribution in [2.45, 2.75) is 0 Å². The Balaban J connectivity index is 1.47. The molecule has 1 spiro atoms. The second kappa shape index (κ2) is 5.14. The number of likely N-dealkylation sites (tertiary alicyclic amines) is 1. The molecule has 2 fully saturated rings. The van der Waals surface area contributed by atoms with Gasteiger partial charge in [-0.25, -0.2) is 0 Å². The Kier molecular flexibility index (Phi) is 3.23. The van der Waals surface area contributed by atoms with Crippen LogP contribution in [0.2, 0.25) is 0 Å². The highest BCUT2D eigenvalue weighted by molar-refractivity contribution is 9.10. The lowest BCUT2D eigenvalue weighted by Gasteiger charge is -2.54. The third-order valence-electron chi connectivity index (χ3n) is 4.18. The zero-order valence-electron chi connectivity index (χ0n) is 11.8. The molecule has 0 saturated carbocycles. The summed E-state index contributed by atoms with van der Waals surface area (Å²) in [5, 5.41) is 8.26. The molecule has 1 aromatic carbocycles. The van der Waals surface area contributed by atoms with Crippen LogP contribution in [0.15, 0.2) is 40.9 Å². The van der Waals surface area contributed by atoms with Crippen LogP contribution in [0, 0.1) is 5.41 Å². The fourth-order valence-corrected chi connectivity index (χ4v) is 3.13. The van der Waals surface area contributed by atoms with Crippen molar-refractivity contribution in [3.05, 3.63) is 46.6 Å². The number of hydrogen-bond donors (Lipinski definition) is 0. The van der Waals surface area contributed by atoms with E-state index in [0.29, 0.717) is 5.69 Å². The largest absolute Gasteiger partial charge is 0.380 e. The van der Waals surface area contributed by atoms with Crippen LogP contribution in [0.4, 0.5) is 0 Å². The number of carbonyl (C=O) groups is 1. The van der Waals surface area contributed by atoms with Crippen LogP contribution < -0.4 is 0 Å². The van der Waals surface area contributed by atoms with Gasteiger partial charge in [-0.3, -0.25) is 4.79 Å². The van der Waals surface area contributed by atoms with Crippen molar-refractivity contribution < 1.29 is 9.53 Å². The van der Waals surface area contributed by atoms with E-state index in [1.807, 2.05) is 35.2 Å². The van der Waals surface area contributed by atoms with Gasteiger partial charge in [-0.15, -0.1) is 10.2 Å². The molecule has 0 aliphatic carbocycles. The number of nitrogens with zero attached hydrogens (tertiary/aromatic N) is 3. The molecule has 2 aliphatic heterocycles. The first-order valence-corrected chi connectivity index (χ1v) is 7.91.